The van der Waals surface area contributed by atoms with Crippen LogP contribution < -0.4 is 15.2 Å². The Bertz CT molecular complexity index is 423. The molecule has 0 aliphatic rings. The van der Waals surface area contributed by atoms with Crippen LogP contribution in [0.5, 0.6) is 11.5 Å². The SMILES string of the molecule is COC(=O)c1cccc(OC)c1OCC(C)(C)N. The minimum absolute atomic E-state index is 0.261. The van der Waals surface area contributed by atoms with Gasteiger partial charge in [0.1, 0.15) is 12.2 Å². The van der Waals surface area contributed by atoms with Crippen molar-refractivity contribution in [3.05, 3.63) is 23.8 Å². The maximum absolute atomic E-state index is 11.6. The maximum atomic E-state index is 11.6. The number of nitrogens with two attached hydrogens (primary N) is 1. The summed E-state index contributed by atoms with van der Waals surface area (Å²) in [6, 6.07) is 5.03. The summed E-state index contributed by atoms with van der Waals surface area (Å²) < 4.78 is 15.5. The molecule has 1 rings (SSSR count). The van der Waals surface area contributed by atoms with Gasteiger partial charge in [-0.25, -0.2) is 4.79 Å². The highest BCUT2D eigenvalue weighted by atomic mass is 16.5. The molecule has 0 bridgehead atoms. The van der Waals surface area contributed by atoms with E-state index in [1.165, 1.54) is 14.2 Å². The lowest BCUT2D eigenvalue weighted by Crippen LogP contribution is -2.39. The summed E-state index contributed by atoms with van der Waals surface area (Å²) >= 11 is 0. The van der Waals surface area contributed by atoms with Gasteiger partial charge in [-0.3, -0.25) is 0 Å². The fourth-order valence-corrected chi connectivity index (χ4v) is 1.35. The Morgan fingerprint density at radius 1 is 1.33 bits per heavy atom. The monoisotopic (exact) mass is 253 g/mol. The van der Waals surface area contributed by atoms with Crippen LogP contribution in [0.4, 0.5) is 0 Å². The normalized spacial score (nSPS) is 10.9. The molecular weight excluding hydrogens is 234 g/mol. The van der Waals surface area contributed by atoms with Crippen molar-refractivity contribution < 1.29 is 19.0 Å². The number of rotatable bonds is 5. The number of hydrogen-bond acceptors (Lipinski definition) is 5. The molecule has 1 aromatic carbocycles. The van der Waals surface area contributed by atoms with Crippen LogP contribution in [-0.2, 0) is 4.74 Å². The van der Waals surface area contributed by atoms with Crippen molar-refractivity contribution in [2.24, 2.45) is 5.73 Å². The van der Waals surface area contributed by atoms with Gasteiger partial charge in [-0.1, -0.05) is 6.07 Å². The molecule has 0 atom stereocenters. The summed E-state index contributed by atoms with van der Waals surface area (Å²) in [5.74, 6) is 0.353. The van der Waals surface area contributed by atoms with E-state index in [4.69, 9.17) is 19.9 Å². The van der Waals surface area contributed by atoms with Crippen LogP contribution in [-0.4, -0.2) is 32.3 Å². The third-order valence-electron chi connectivity index (χ3n) is 2.19. The topological polar surface area (TPSA) is 70.8 Å². The molecule has 0 unspecified atom stereocenters. The number of esters is 1. The fourth-order valence-electron chi connectivity index (χ4n) is 1.35. The number of para-hydroxylation sites is 1. The molecule has 100 valence electrons. The zero-order valence-electron chi connectivity index (χ0n) is 11.1. The number of hydrogen-bond donors (Lipinski definition) is 1. The van der Waals surface area contributed by atoms with Crippen molar-refractivity contribution in [3.63, 3.8) is 0 Å². The first-order valence-electron chi connectivity index (χ1n) is 5.56. The van der Waals surface area contributed by atoms with Crippen molar-refractivity contribution in [2.45, 2.75) is 19.4 Å². The maximum Gasteiger partial charge on any atom is 0.341 e. The van der Waals surface area contributed by atoms with Gasteiger partial charge in [0, 0.05) is 5.54 Å². The summed E-state index contributed by atoms with van der Waals surface area (Å²) in [6.45, 7) is 3.93. The first kappa shape index (κ1) is 14.3. The van der Waals surface area contributed by atoms with E-state index in [2.05, 4.69) is 0 Å². The molecular formula is C13H19NO4. The Morgan fingerprint density at radius 2 is 2.00 bits per heavy atom. The highest BCUT2D eigenvalue weighted by Gasteiger charge is 2.20. The van der Waals surface area contributed by atoms with Crippen LogP contribution >= 0.6 is 0 Å². The van der Waals surface area contributed by atoms with Gasteiger partial charge >= 0.3 is 5.97 Å². The first-order chi connectivity index (χ1) is 8.39. The lowest BCUT2D eigenvalue weighted by Gasteiger charge is -2.21. The molecule has 0 radical (unpaired) electrons. The number of methoxy groups -OCH3 is 2. The van der Waals surface area contributed by atoms with Gasteiger partial charge < -0.3 is 19.9 Å². The fraction of sp³-hybridized carbons (Fsp3) is 0.462. The van der Waals surface area contributed by atoms with E-state index in [0.29, 0.717) is 17.1 Å². The van der Waals surface area contributed by atoms with E-state index in [0.717, 1.165) is 0 Å². The molecule has 0 aromatic heterocycles. The molecule has 18 heavy (non-hydrogen) atoms. The van der Waals surface area contributed by atoms with Gasteiger partial charge in [-0.05, 0) is 26.0 Å². The van der Waals surface area contributed by atoms with Crippen molar-refractivity contribution in [3.8, 4) is 11.5 Å². The predicted octanol–water partition coefficient (Wildman–Crippen LogP) is 1.60. The summed E-state index contributed by atoms with van der Waals surface area (Å²) in [5.41, 5.74) is 5.67. The lowest BCUT2D eigenvalue weighted by atomic mass is 10.1. The summed E-state index contributed by atoms with van der Waals surface area (Å²) in [7, 11) is 2.83. The Hall–Kier alpha value is -1.75. The van der Waals surface area contributed by atoms with E-state index in [1.807, 2.05) is 13.8 Å². The number of ether oxygens (including phenoxy) is 3. The van der Waals surface area contributed by atoms with E-state index in [-0.39, 0.29) is 6.61 Å². The summed E-state index contributed by atoms with van der Waals surface area (Å²) in [5, 5.41) is 0. The molecule has 5 nitrogen and oxygen atoms in total. The molecule has 0 aliphatic heterocycles. The summed E-state index contributed by atoms with van der Waals surface area (Å²) in [6.07, 6.45) is 0. The van der Waals surface area contributed by atoms with Crippen LogP contribution in [0.1, 0.15) is 24.2 Å². The molecule has 0 aliphatic carbocycles. The number of benzene rings is 1. The van der Waals surface area contributed by atoms with E-state index < -0.39 is 11.5 Å². The van der Waals surface area contributed by atoms with Gasteiger partial charge in [0.25, 0.3) is 0 Å². The molecule has 0 spiro atoms. The average Bonchev–Trinajstić information content (AvgIpc) is 2.33. The second kappa shape index (κ2) is 5.73. The Morgan fingerprint density at radius 3 is 2.50 bits per heavy atom. The molecule has 0 heterocycles. The van der Waals surface area contributed by atoms with Crippen LogP contribution in [0.3, 0.4) is 0 Å². The third kappa shape index (κ3) is 3.63. The van der Waals surface area contributed by atoms with Gasteiger partial charge in [0.15, 0.2) is 11.5 Å². The molecule has 0 saturated carbocycles. The standard InChI is InChI=1S/C13H19NO4/c1-13(2,14)8-18-11-9(12(15)17-4)6-5-7-10(11)16-3/h5-7H,8,14H2,1-4H3. The van der Waals surface area contributed by atoms with Gasteiger partial charge in [0.05, 0.1) is 14.2 Å². The van der Waals surface area contributed by atoms with Gasteiger partial charge in [0.2, 0.25) is 0 Å². The van der Waals surface area contributed by atoms with Gasteiger partial charge in [-0.2, -0.15) is 0 Å². The van der Waals surface area contributed by atoms with Crippen LogP contribution in [0.2, 0.25) is 0 Å². The average molecular weight is 253 g/mol. The number of carbonyl (C=O) groups excluding carboxylic acids is 1. The van der Waals surface area contributed by atoms with Crippen molar-refractivity contribution in [1.82, 2.24) is 0 Å². The molecule has 1 aromatic rings. The molecule has 0 fully saturated rings. The Balaban J connectivity index is 3.08. The van der Waals surface area contributed by atoms with Crippen molar-refractivity contribution in [1.29, 1.82) is 0 Å². The third-order valence-corrected chi connectivity index (χ3v) is 2.19. The van der Waals surface area contributed by atoms with Crippen molar-refractivity contribution >= 4 is 5.97 Å². The van der Waals surface area contributed by atoms with E-state index in [1.54, 1.807) is 18.2 Å². The van der Waals surface area contributed by atoms with Gasteiger partial charge in [-0.15, -0.1) is 0 Å². The predicted molar refractivity (Wildman–Crippen MR) is 68.1 cm³/mol. The van der Waals surface area contributed by atoms with E-state index >= 15 is 0 Å². The molecule has 5 heteroatoms. The Labute approximate surface area is 107 Å². The number of carbonyl (C=O) groups is 1. The molecule has 0 amide bonds. The second-order valence-electron chi connectivity index (χ2n) is 4.61. The Kier molecular flexibility index (Phi) is 4.55. The highest BCUT2D eigenvalue weighted by Crippen LogP contribution is 2.31. The smallest absolute Gasteiger partial charge is 0.341 e. The van der Waals surface area contributed by atoms with E-state index in [9.17, 15) is 4.79 Å². The van der Waals surface area contributed by atoms with Crippen molar-refractivity contribution in [2.75, 3.05) is 20.8 Å². The first-order valence-corrected chi connectivity index (χ1v) is 5.56. The quantitative estimate of drug-likeness (QED) is 0.807. The van der Waals surface area contributed by atoms with Crippen LogP contribution in [0.25, 0.3) is 0 Å². The lowest BCUT2D eigenvalue weighted by molar-refractivity contribution is 0.0594. The minimum Gasteiger partial charge on any atom is -0.493 e. The van der Waals surface area contributed by atoms with Crippen LogP contribution in [0.15, 0.2) is 18.2 Å². The highest BCUT2D eigenvalue weighted by molar-refractivity contribution is 5.93. The van der Waals surface area contributed by atoms with Crippen LogP contribution in [0, 0.1) is 0 Å². The zero-order chi connectivity index (χ0) is 13.8. The second-order valence-corrected chi connectivity index (χ2v) is 4.61. The summed E-state index contributed by atoms with van der Waals surface area (Å²) in [4.78, 5) is 11.6. The molecule has 0 saturated heterocycles. The zero-order valence-corrected chi connectivity index (χ0v) is 11.1. The molecule has 2 N–H and O–H groups in total. The largest absolute Gasteiger partial charge is 0.493 e. The minimum atomic E-state index is -0.506.